The number of carbonyl (C=O) groups is 1. The summed E-state index contributed by atoms with van der Waals surface area (Å²) in [4.78, 5) is 10.7. The van der Waals surface area contributed by atoms with Crippen molar-refractivity contribution >= 4 is 5.97 Å². The lowest BCUT2D eigenvalue weighted by Gasteiger charge is -2.22. The van der Waals surface area contributed by atoms with Crippen LogP contribution < -0.4 is 15.2 Å². The standard InChI is InChI=1S/C10H10FNO4/c11-5-1-2-6-9(16-4-3-15-6)7(5)8(12)10(13)14/h1-2,8H,3-4,12H2,(H,13,14). The lowest BCUT2D eigenvalue weighted by atomic mass is 10.0. The van der Waals surface area contributed by atoms with Crippen LogP contribution in [0.1, 0.15) is 11.6 Å². The quantitative estimate of drug-likeness (QED) is 0.776. The van der Waals surface area contributed by atoms with E-state index < -0.39 is 17.8 Å². The van der Waals surface area contributed by atoms with Gasteiger partial charge in [-0.25, -0.2) is 4.39 Å². The number of aliphatic carboxylic acids is 1. The highest BCUT2D eigenvalue weighted by molar-refractivity contribution is 5.77. The van der Waals surface area contributed by atoms with Gasteiger partial charge in [0.1, 0.15) is 25.1 Å². The molecular formula is C10H10FNO4. The van der Waals surface area contributed by atoms with Gasteiger partial charge in [-0.15, -0.1) is 0 Å². The second-order valence-electron chi connectivity index (χ2n) is 3.30. The Kier molecular flexibility index (Phi) is 2.66. The maximum Gasteiger partial charge on any atom is 0.325 e. The van der Waals surface area contributed by atoms with Gasteiger partial charge in [0, 0.05) is 0 Å². The molecule has 3 N–H and O–H groups in total. The number of ether oxygens (including phenoxy) is 2. The third kappa shape index (κ3) is 1.67. The fraction of sp³-hybridized carbons (Fsp3) is 0.300. The van der Waals surface area contributed by atoms with E-state index in [1.54, 1.807) is 0 Å². The molecular weight excluding hydrogens is 217 g/mol. The minimum Gasteiger partial charge on any atom is -0.486 e. The zero-order valence-corrected chi connectivity index (χ0v) is 8.27. The number of hydrogen-bond acceptors (Lipinski definition) is 4. The molecule has 1 aliphatic rings. The molecule has 0 fully saturated rings. The maximum atomic E-state index is 13.5. The van der Waals surface area contributed by atoms with Gasteiger partial charge in [0.2, 0.25) is 0 Å². The highest BCUT2D eigenvalue weighted by Gasteiger charge is 2.27. The molecule has 0 saturated carbocycles. The van der Waals surface area contributed by atoms with Gasteiger partial charge >= 0.3 is 5.97 Å². The lowest BCUT2D eigenvalue weighted by molar-refractivity contribution is -0.138. The molecule has 6 heteroatoms. The summed E-state index contributed by atoms with van der Waals surface area (Å²) < 4.78 is 23.9. The molecule has 0 aromatic heterocycles. The molecule has 0 amide bonds. The average Bonchev–Trinajstić information content (AvgIpc) is 2.28. The molecule has 16 heavy (non-hydrogen) atoms. The van der Waals surface area contributed by atoms with Crippen molar-refractivity contribution in [2.24, 2.45) is 5.73 Å². The van der Waals surface area contributed by atoms with Crippen LogP contribution in [0.15, 0.2) is 12.1 Å². The van der Waals surface area contributed by atoms with Crippen LogP contribution >= 0.6 is 0 Å². The summed E-state index contributed by atoms with van der Waals surface area (Å²) in [5, 5.41) is 8.77. The Balaban J connectivity index is 2.53. The van der Waals surface area contributed by atoms with Crippen LogP contribution in [0.25, 0.3) is 0 Å². The Labute approximate surface area is 90.6 Å². The molecule has 5 nitrogen and oxygen atoms in total. The normalized spacial score (nSPS) is 15.6. The highest BCUT2D eigenvalue weighted by atomic mass is 19.1. The van der Waals surface area contributed by atoms with Crippen molar-refractivity contribution in [3.63, 3.8) is 0 Å². The molecule has 1 aliphatic heterocycles. The average molecular weight is 227 g/mol. The summed E-state index contributed by atoms with van der Waals surface area (Å²) in [6.45, 7) is 0.593. The van der Waals surface area contributed by atoms with Crippen molar-refractivity contribution in [1.29, 1.82) is 0 Å². The summed E-state index contributed by atoms with van der Waals surface area (Å²) in [6.07, 6.45) is 0. The van der Waals surface area contributed by atoms with E-state index in [1.807, 2.05) is 0 Å². The topological polar surface area (TPSA) is 81.8 Å². The van der Waals surface area contributed by atoms with E-state index in [2.05, 4.69) is 0 Å². The molecule has 1 aromatic rings. The van der Waals surface area contributed by atoms with Gasteiger partial charge in [-0.1, -0.05) is 0 Å². The third-order valence-corrected chi connectivity index (χ3v) is 2.27. The first-order valence-corrected chi connectivity index (χ1v) is 4.67. The highest BCUT2D eigenvalue weighted by Crippen LogP contribution is 2.38. The van der Waals surface area contributed by atoms with Crippen molar-refractivity contribution in [2.75, 3.05) is 13.2 Å². The van der Waals surface area contributed by atoms with E-state index in [4.69, 9.17) is 20.3 Å². The number of rotatable bonds is 2. The van der Waals surface area contributed by atoms with Crippen molar-refractivity contribution in [3.8, 4) is 11.5 Å². The van der Waals surface area contributed by atoms with E-state index in [1.165, 1.54) is 6.07 Å². The predicted molar refractivity (Wildman–Crippen MR) is 52.0 cm³/mol. The summed E-state index contributed by atoms with van der Waals surface area (Å²) in [6, 6.07) is 1.05. The fourth-order valence-electron chi connectivity index (χ4n) is 1.53. The monoisotopic (exact) mass is 227 g/mol. The van der Waals surface area contributed by atoms with Gasteiger partial charge in [0.05, 0.1) is 5.56 Å². The Morgan fingerprint density at radius 2 is 2.12 bits per heavy atom. The molecule has 2 rings (SSSR count). The zero-order valence-electron chi connectivity index (χ0n) is 8.27. The van der Waals surface area contributed by atoms with E-state index in [9.17, 15) is 9.18 Å². The number of hydrogen-bond donors (Lipinski definition) is 2. The molecule has 0 saturated heterocycles. The summed E-state index contributed by atoms with van der Waals surface area (Å²) in [5.41, 5.74) is 5.21. The van der Waals surface area contributed by atoms with Gasteiger partial charge < -0.3 is 20.3 Å². The van der Waals surface area contributed by atoms with E-state index in [0.29, 0.717) is 12.4 Å². The number of carboxylic acid groups (broad SMARTS) is 1. The molecule has 1 unspecified atom stereocenters. The maximum absolute atomic E-state index is 13.5. The lowest BCUT2D eigenvalue weighted by Crippen LogP contribution is -2.25. The van der Waals surface area contributed by atoms with Gasteiger partial charge in [-0.3, -0.25) is 4.79 Å². The summed E-state index contributed by atoms with van der Waals surface area (Å²) >= 11 is 0. The Morgan fingerprint density at radius 1 is 1.44 bits per heavy atom. The first kappa shape index (κ1) is 10.7. The molecule has 86 valence electrons. The predicted octanol–water partition coefficient (Wildman–Crippen LogP) is 0.681. The first-order valence-electron chi connectivity index (χ1n) is 4.67. The third-order valence-electron chi connectivity index (χ3n) is 2.27. The molecule has 1 heterocycles. The molecule has 1 atom stereocenters. The van der Waals surface area contributed by atoms with Crippen LogP contribution in [-0.4, -0.2) is 24.3 Å². The number of carboxylic acids is 1. The molecule has 0 radical (unpaired) electrons. The number of nitrogens with two attached hydrogens (primary N) is 1. The first-order chi connectivity index (χ1) is 7.61. The van der Waals surface area contributed by atoms with Crippen LogP contribution in [0.4, 0.5) is 4.39 Å². The Morgan fingerprint density at radius 3 is 2.81 bits per heavy atom. The molecule has 0 spiro atoms. The van der Waals surface area contributed by atoms with Gasteiger partial charge in [-0.2, -0.15) is 0 Å². The fourth-order valence-corrected chi connectivity index (χ4v) is 1.53. The van der Waals surface area contributed by atoms with Gasteiger partial charge in [-0.05, 0) is 12.1 Å². The van der Waals surface area contributed by atoms with E-state index in [-0.39, 0.29) is 17.9 Å². The van der Waals surface area contributed by atoms with Crippen LogP contribution in [0.2, 0.25) is 0 Å². The van der Waals surface area contributed by atoms with Crippen molar-refractivity contribution in [3.05, 3.63) is 23.5 Å². The van der Waals surface area contributed by atoms with E-state index in [0.717, 1.165) is 6.07 Å². The summed E-state index contributed by atoms with van der Waals surface area (Å²) in [7, 11) is 0. The van der Waals surface area contributed by atoms with Crippen LogP contribution in [0, 0.1) is 5.82 Å². The van der Waals surface area contributed by atoms with Crippen LogP contribution in [0.5, 0.6) is 11.5 Å². The molecule has 0 aliphatic carbocycles. The number of benzene rings is 1. The van der Waals surface area contributed by atoms with Crippen molar-refractivity contribution in [2.45, 2.75) is 6.04 Å². The Hall–Kier alpha value is -1.82. The minimum atomic E-state index is -1.46. The zero-order chi connectivity index (χ0) is 11.7. The SMILES string of the molecule is NC(C(=O)O)c1c(F)ccc2c1OCCO2. The van der Waals surface area contributed by atoms with Crippen LogP contribution in [-0.2, 0) is 4.79 Å². The smallest absolute Gasteiger partial charge is 0.325 e. The van der Waals surface area contributed by atoms with Gasteiger partial charge in [0.15, 0.2) is 11.5 Å². The number of fused-ring (bicyclic) bond motifs is 1. The van der Waals surface area contributed by atoms with Crippen molar-refractivity contribution in [1.82, 2.24) is 0 Å². The van der Waals surface area contributed by atoms with Crippen LogP contribution in [0.3, 0.4) is 0 Å². The largest absolute Gasteiger partial charge is 0.486 e. The second-order valence-corrected chi connectivity index (χ2v) is 3.30. The van der Waals surface area contributed by atoms with Gasteiger partial charge in [0.25, 0.3) is 0 Å². The van der Waals surface area contributed by atoms with Crippen molar-refractivity contribution < 1.29 is 23.8 Å². The van der Waals surface area contributed by atoms with E-state index >= 15 is 0 Å². The molecule has 0 bridgehead atoms. The minimum absolute atomic E-state index is 0.0844. The summed E-state index contributed by atoms with van der Waals surface area (Å²) in [5.74, 6) is -1.62. The molecule has 1 aromatic carbocycles. The second kappa shape index (κ2) is 3.97. The Bertz CT molecular complexity index is 435. The number of halogens is 1.